The molecule has 1 aliphatic rings. The number of hydrogen-bond acceptors (Lipinski definition) is 5. The summed E-state index contributed by atoms with van der Waals surface area (Å²) in [6, 6.07) is 4.21. The Bertz CT molecular complexity index is 943. The van der Waals surface area contributed by atoms with Crippen molar-refractivity contribution in [2.75, 3.05) is 17.7 Å². The van der Waals surface area contributed by atoms with Gasteiger partial charge in [0.25, 0.3) is 0 Å². The van der Waals surface area contributed by atoms with Crippen molar-refractivity contribution in [3.8, 4) is 0 Å². The van der Waals surface area contributed by atoms with E-state index in [1.807, 2.05) is 0 Å². The molecule has 1 aromatic heterocycles. The van der Waals surface area contributed by atoms with Crippen molar-refractivity contribution in [1.82, 2.24) is 9.55 Å². The summed E-state index contributed by atoms with van der Waals surface area (Å²) in [4.78, 5) is 28.6. The number of amides is 1. The van der Waals surface area contributed by atoms with Gasteiger partial charge in [0.2, 0.25) is 5.91 Å². The Labute approximate surface area is 169 Å². The average Bonchev–Trinajstić information content (AvgIpc) is 3.15. The highest BCUT2D eigenvalue weighted by Crippen LogP contribution is 2.31. The molecule has 1 aliphatic carbocycles. The van der Waals surface area contributed by atoms with E-state index in [9.17, 15) is 22.8 Å². The van der Waals surface area contributed by atoms with Crippen molar-refractivity contribution in [3.05, 3.63) is 51.6 Å². The van der Waals surface area contributed by atoms with Crippen molar-refractivity contribution in [1.29, 1.82) is 0 Å². The highest BCUT2D eigenvalue weighted by atomic mass is 32.2. The van der Waals surface area contributed by atoms with E-state index in [0.29, 0.717) is 18.0 Å². The number of nitrogens with one attached hydrogen (secondary N) is 1. The molecular weight excluding hydrogens is 407 g/mol. The Morgan fingerprint density at radius 3 is 2.62 bits per heavy atom. The lowest BCUT2D eigenvalue weighted by molar-refractivity contribution is -0.137. The molecule has 6 nitrogen and oxygen atoms in total. The monoisotopic (exact) mass is 427 g/mol. The summed E-state index contributed by atoms with van der Waals surface area (Å²) in [6.45, 7) is 0.395. The SMILES string of the molecule is O=C(CSc1nc(=O)n(CCCO)c2c1CCC2)Nc1ccc(C(F)(F)F)cc1. The number of nitrogens with zero attached hydrogens (tertiary/aromatic N) is 2. The fourth-order valence-electron chi connectivity index (χ4n) is 3.24. The fourth-order valence-corrected chi connectivity index (χ4v) is 4.12. The van der Waals surface area contributed by atoms with Crippen LogP contribution in [0.5, 0.6) is 0 Å². The number of carbonyl (C=O) groups excluding carboxylic acids is 1. The molecule has 2 aromatic rings. The van der Waals surface area contributed by atoms with Gasteiger partial charge in [-0.1, -0.05) is 11.8 Å². The van der Waals surface area contributed by atoms with Gasteiger partial charge < -0.3 is 10.4 Å². The fraction of sp³-hybridized carbons (Fsp3) is 0.421. The summed E-state index contributed by atoms with van der Waals surface area (Å²) >= 11 is 1.14. The Morgan fingerprint density at radius 2 is 1.97 bits per heavy atom. The summed E-state index contributed by atoms with van der Waals surface area (Å²) in [5, 5.41) is 12.1. The second-order valence-electron chi connectivity index (χ2n) is 6.62. The van der Waals surface area contributed by atoms with E-state index in [1.165, 1.54) is 12.1 Å². The maximum absolute atomic E-state index is 12.6. The third kappa shape index (κ3) is 5.18. The summed E-state index contributed by atoms with van der Waals surface area (Å²) in [5.41, 5.74) is 0.941. The molecule has 0 bridgehead atoms. The zero-order valence-electron chi connectivity index (χ0n) is 15.5. The largest absolute Gasteiger partial charge is 0.416 e. The Kier molecular flexibility index (Phi) is 6.63. The first-order chi connectivity index (χ1) is 13.8. The maximum atomic E-state index is 12.6. The summed E-state index contributed by atoms with van der Waals surface area (Å²) in [6.07, 6.45) is -1.54. The molecule has 0 radical (unpaired) electrons. The number of alkyl halides is 3. The van der Waals surface area contributed by atoms with Crippen molar-refractivity contribution < 1.29 is 23.1 Å². The Morgan fingerprint density at radius 1 is 1.24 bits per heavy atom. The number of hydrogen-bond donors (Lipinski definition) is 2. The molecule has 0 saturated heterocycles. The van der Waals surface area contributed by atoms with E-state index in [1.54, 1.807) is 4.57 Å². The van der Waals surface area contributed by atoms with Crippen LogP contribution in [-0.2, 0) is 30.4 Å². The van der Waals surface area contributed by atoms with Gasteiger partial charge in [-0.2, -0.15) is 18.2 Å². The van der Waals surface area contributed by atoms with Crippen molar-refractivity contribution >= 4 is 23.4 Å². The number of aliphatic hydroxyl groups is 1. The smallest absolute Gasteiger partial charge is 0.396 e. The molecule has 3 rings (SSSR count). The van der Waals surface area contributed by atoms with Crippen LogP contribution in [0.3, 0.4) is 0 Å². The number of aromatic nitrogens is 2. The van der Waals surface area contributed by atoms with Gasteiger partial charge in [-0.3, -0.25) is 9.36 Å². The van der Waals surface area contributed by atoms with Crippen LogP contribution in [0.2, 0.25) is 0 Å². The molecule has 1 aromatic carbocycles. The van der Waals surface area contributed by atoms with Crippen LogP contribution in [0.1, 0.15) is 29.7 Å². The van der Waals surface area contributed by atoms with Gasteiger partial charge >= 0.3 is 11.9 Å². The standard InChI is InChI=1S/C19H20F3N3O3S/c20-19(21,22)12-5-7-13(8-6-12)23-16(27)11-29-17-14-3-1-4-15(14)25(9-2-10-26)18(28)24-17/h5-8,26H,1-4,9-11H2,(H,23,27). The van der Waals surface area contributed by atoms with Crippen LogP contribution in [-0.4, -0.2) is 32.9 Å². The third-order valence-electron chi connectivity index (χ3n) is 4.58. The number of thioether (sulfide) groups is 1. The molecule has 0 fully saturated rings. The molecule has 156 valence electrons. The van der Waals surface area contributed by atoms with E-state index in [4.69, 9.17) is 5.11 Å². The zero-order valence-corrected chi connectivity index (χ0v) is 16.3. The molecule has 29 heavy (non-hydrogen) atoms. The molecular formula is C19H20F3N3O3S. The summed E-state index contributed by atoms with van der Waals surface area (Å²) < 4.78 is 39.4. The lowest BCUT2D eigenvalue weighted by atomic mass is 10.2. The lowest BCUT2D eigenvalue weighted by Crippen LogP contribution is -2.28. The minimum Gasteiger partial charge on any atom is -0.396 e. The van der Waals surface area contributed by atoms with Crippen LogP contribution in [0.15, 0.2) is 34.1 Å². The predicted molar refractivity (Wildman–Crippen MR) is 103 cm³/mol. The van der Waals surface area contributed by atoms with E-state index in [0.717, 1.165) is 54.4 Å². The number of halogens is 3. The lowest BCUT2D eigenvalue weighted by Gasteiger charge is -2.13. The molecule has 0 aliphatic heterocycles. The van der Waals surface area contributed by atoms with Crippen molar-refractivity contribution in [2.24, 2.45) is 0 Å². The number of carbonyl (C=O) groups is 1. The topological polar surface area (TPSA) is 84.2 Å². The molecule has 0 unspecified atom stereocenters. The van der Waals surface area contributed by atoms with Gasteiger partial charge in [-0.05, 0) is 49.9 Å². The number of aliphatic hydroxyl groups excluding tert-OH is 1. The van der Waals surface area contributed by atoms with Crippen LogP contribution >= 0.6 is 11.8 Å². The van der Waals surface area contributed by atoms with Crippen LogP contribution in [0.25, 0.3) is 0 Å². The molecule has 1 heterocycles. The van der Waals surface area contributed by atoms with Gasteiger partial charge in [0.15, 0.2) is 0 Å². The van der Waals surface area contributed by atoms with Gasteiger partial charge in [0.05, 0.1) is 11.3 Å². The number of fused-ring (bicyclic) bond motifs is 1. The number of benzene rings is 1. The molecule has 1 amide bonds. The van der Waals surface area contributed by atoms with E-state index < -0.39 is 23.3 Å². The average molecular weight is 427 g/mol. The first-order valence-electron chi connectivity index (χ1n) is 9.13. The second kappa shape index (κ2) is 9.00. The molecule has 0 atom stereocenters. The van der Waals surface area contributed by atoms with Crippen LogP contribution in [0, 0.1) is 0 Å². The molecule has 2 N–H and O–H groups in total. The van der Waals surface area contributed by atoms with Crippen LogP contribution < -0.4 is 11.0 Å². The first kappa shape index (κ1) is 21.4. The maximum Gasteiger partial charge on any atom is 0.416 e. The number of anilines is 1. The minimum absolute atomic E-state index is 0.0121. The van der Waals surface area contributed by atoms with Gasteiger partial charge in [0.1, 0.15) is 5.03 Å². The quantitative estimate of drug-likeness (QED) is 0.524. The first-order valence-corrected chi connectivity index (χ1v) is 10.1. The van der Waals surface area contributed by atoms with Crippen molar-refractivity contribution in [2.45, 2.75) is 43.4 Å². The van der Waals surface area contributed by atoms with Gasteiger partial charge in [-0.25, -0.2) is 4.79 Å². The van der Waals surface area contributed by atoms with Crippen molar-refractivity contribution in [3.63, 3.8) is 0 Å². The van der Waals surface area contributed by atoms with Crippen LogP contribution in [0.4, 0.5) is 18.9 Å². The molecule has 10 heteroatoms. The highest BCUT2D eigenvalue weighted by molar-refractivity contribution is 8.00. The summed E-state index contributed by atoms with van der Waals surface area (Å²) in [7, 11) is 0. The Hall–Kier alpha value is -2.33. The Balaban J connectivity index is 1.65. The second-order valence-corrected chi connectivity index (χ2v) is 7.58. The van der Waals surface area contributed by atoms with E-state index in [2.05, 4.69) is 10.3 Å². The van der Waals surface area contributed by atoms with E-state index >= 15 is 0 Å². The highest BCUT2D eigenvalue weighted by Gasteiger charge is 2.30. The molecule has 0 spiro atoms. The summed E-state index contributed by atoms with van der Waals surface area (Å²) in [5.74, 6) is -0.409. The third-order valence-corrected chi connectivity index (χ3v) is 5.59. The van der Waals surface area contributed by atoms with Gasteiger partial charge in [-0.15, -0.1) is 0 Å². The normalized spacial score (nSPS) is 13.4. The van der Waals surface area contributed by atoms with E-state index in [-0.39, 0.29) is 18.0 Å². The van der Waals surface area contributed by atoms with Gasteiger partial charge in [0, 0.05) is 30.1 Å². The molecule has 0 saturated carbocycles. The number of rotatable bonds is 7. The predicted octanol–water partition coefficient (Wildman–Crippen LogP) is 2.86. The zero-order chi connectivity index (χ0) is 21.0. The minimum atomic E-state index is -4.43.